The van der Waals surface area contributed by atoms with E-state index in [1.807, 2.05) is 45.0 Å². The number of rotatable bonds is 6. The average Bonchev–Trinajstić information content (AvgIpc) is 2.46. The van der Waals surface area contributed by atoms with Crippen molar-refractivity contribution in [3.05, 3.63) is 34.9 Å². The monoisotopic (exact) mass is 338 g/mol. The fourth-order valence-electron chi connectivity index (χ4n) is 2.00. The van der Waals surface area contributed by atoms with Gasteiger partial charge in [0.1, 0.15) is 0 Å². The molecular weight excluding hydrogens is 312 g/mol. The Kier molecular flexibility index (Phi) is 7.89. The highest BCUT2D eigenvalue weighted by atomic mass is 35.5. The SMILES string of the molecule is CN=C(NCCCc1ccc(Cl)cc1)NCC(=O)NC(C)(C)C. The first-order chi connectivity index (χ1) is 10.8. The van der Waals surface area contributed by atoms with Crippen molar-refractivity contribution < 1.29 is 4.79 Å². The van der Waals surface area contributed by atoms with Crippen LogP contribution in [0.3, 0.4) is 0 Å². The normalized spacial score (nSPS) is 12.0. The van der Waals surface area contributed by atoms with Gasteiger partial charge in [0.15, 0.2) is 5.96 Å². The minimum Gasteiger partial charge on any atom is -0.356 e. The Labute approximate surface area is 143 Å². The fraction of sp³-hybridized carbons (Fsp3) is 0.529. The van der Waals surface area contributed by atoms with Crippen molar-refractivity contribution >= 4 is 23.5 Å². The summed E-state index contributed by atoms with van der Waals surface area (Å²) in [6.07, 6.45) is 1.93. The van der Waals surface area contributed by atoms with Crippen LogP contribution in [-0.4, -0.2) is 37.5 Å². The van der Waals surface area contributed by atoms with E-state index in [0.29, 0.717) is 5.96 Å². The number of amides is 1. The van der Waals surface area contributed by atoms with Gasteiger partial charge in [0.25, 0.3) is 0 Å². The Balaban J connectivity index is 2.24. The van der Waals surface area contributed by atoms with Gasteiger partial charge in [0.05, 0.1) is 6.54 Å². The van der Waals surface area contributed by atoms with Crippen LogP contribution in [0.1, 0.15) is 32.8 Å². The first-order valence-electron chi connectivity index (χ1n) is 7.80. The molecule has 128 valence electrons. The Morgan fingerprint density at radius 1 is 1.17 bits per heavy atom. The lowest BCUT2D eigenvalue weighted by Gasteiger charge is -2.21. The molecule has 0 spiro atoms. The standard InChI is InChI=1S/C17H27ClN4O/c1-17(2,3)22-15(23)12-21-16(19-4)20-11-5-6-13-7-9-14(18)10-8-13/h7-10H,5-6,11-12H2,1-4H3,(H,22,23)(H2,19,20,21). The minimum atomic E-state index is -0.228. The number of nitrogens with one attached hydrogen (secondary N) is 3. The van der Waals surface area contributed by atoms with E-state index in [-0.39, 0.29) is 18.0 Å². The fourth-order valence-corrected chi connectivity index (χ4v) is 2.12. The average molecular weight is 339 g/mol. The molecule has 23 heavy (non-hydrogen) atoms. The molecule has 0 heterocycles. The second-order valence-corrected chi connectivity index (χ2v) is 6.82. The summed E-state index contributed by atoms with van der Waals surface area (Å²) in [6, 6.07) is 7.87. The largest absolute Gasteiger partial charge is 0.356 e. The van der Waals surface area contributed by atoms with Crippen LogP contribution in [0.2, 0.25) is 5.02 Å². The van der Waals surface area contributed by atoms with Crippen molar-refractivity contribution in [3.8, 4) is 0 Å². The zero-order valence-electron chi connectivity index (χ0n) is 14.4. The Morgan fingerprint density at radius 2 is 1.83 bits per heavy atom. The van der Waals surface area contributed by atoms with Gasteiger partial charge in [-0.3, -0.25) is 9.79 Å². The minimum absolute atomic E-state index is 0.0541. The van der Waals surface area contributed by atoms with Gasteiger partial charge in [-0.25, -0.2) is 0 Å². The molecule has 0 atom stereocenters. The van der Waals surface area contributed by atoms with Crippen LogP contribution in [0.5, 0.6) is 0 Å². The van der Waals surface area contributed by atoms with Gasteiger partial charge in [0, 0.05) is 24.2 Å². The molecule has 0 radical (unpaired) electrons. The molecule has 6 heteroatoms. The quantitative estimate of drug-likeness (QED) is 0.424. The predicted molar refractivity (Wildman–Crippen MR) is 97.0 cm³/mol. The number of nitrogens with zero attached hydrogens (tertiary/aromatic N) is 1. The summed E-state index contributed by atoms with van der Waals surface area (Å²) in [5.74, 6) is 0.576. The van der Waals surface area contributed by atoms with E-state index in [1.54, 1.807) is 7.05 Å². The number of guanidine groups is 1. The molecule has 0 fully saturated rings. The van der Waals surface area contributed by atoms with Gasteiger partial charge < -0.3 is 16.0 Å². The van der Waals surface area contributed by atoms with Gasteiger partial charge in [-0.15, -0.1) is 0 Å². The molecule has 1 aromatic carbocycles. The van der Waals surface area contributed by atoms with Gasteiger partial charge in [-0.05, 0) is 51.3 Å². The summed E-state index contributed by atoms with van der Waals surface area (Å²) in [5.41, 5.74) is 1.03. The third-order valence-corrected chi connectivity index (χ3v) is 3.25. The summed E-state index contributed by atoms with van der Waals surface area (Å²) in [4.78, 5) is 15.9. The van der Waals surface area contributed by atoms with Gasteiger partial charge in [0.2, 0.25) is 5.91 Å². The molecule has 0 saturated heterocycles. The molecule has 0 saturated carbocycles. The Morgan fingerprint density at radius 3 is 2.39 bits per heavy atom. The third-order valence-electron chi connectivity index (χ3n) is 3.00. The lowest BCUT2D eigenvalue weighted by molar-refractivity contribution is -0.121. The molecule has 0 unspecified atom stereocenters. The van der Waals surface area contributed by atoms with Crippen molar-refractivity contribution in [2.75, 3.05) is 20.1 Å². The summed E-state index contributed by atoms with van der Waals surface area (Å²) >= 11 is 5.86. The van der Waals surface area contributed by atoms with Gasteiger partial charge >= 0.3 is 0 Å². The molecular formula is C17H27ClN4O. The third kappa shape index (κ3) is 9.08. The summed E-state index contributed by atoms with van der Waals surface area (Å²) in [6.45, 7) is 6.84. The van der Waals surface area contributed by atoms with Gasteiger partial charge in [-0.1, -0.05) is 23.7 Å². The molecule has 0 aliphatic carbocycles. The molecule has 0 aromatic heterocycles. The lowest BCUT2D eigenvalue weighted by Crippen LogP contribution is -2.48. The van der Waals surface area contributed by atoms with E-state index < -0.39 is 0 Å². The van der Waals surface area contributed by atoms with Crippen molar-refractivity contribution in [2.24, 2.45) is 4.99 Å². The maximum atomic E-state index is 11.8. The highest BCUT2D eigenvalue weighted by Crippen LogP contribution is 2.10. The molecule has 3 N–H and O–H groups in total. The van der Waals surface area contributed by atoms with Crippen LogP contribution in [0.4, 0.5) is 0 Å². The smallest absolute Gasteiger partial charge is 0.239 e. The Hall–Kier alpha value is -1.75. The molecule has 0 aliphatic heterocycles. The topological polar surface area (TPSA) is 65.5 Å². The number of hydrogen-bond acceptors (Lipinski definition) is 2. The van der Waals surface area contributed by atoms with Crippen LogP contribution >= 0.6 is 11.6 Å². The molecule has 1 rings (SSSR count). The first kappa shape index (κ1) is 19.3. The number of benzene rings is 1. The van der Waals surface area contributed by atoms with Crippen molar-refractivity contribution in [1.29, 1.82) is 0 Å². The van der Waals surface area contributed by atoms with Crippen LogP contribution in [0.25, 0.3) is 0 Å². The van der Waals surface area contributed by atoms with E-state index >= 15 is 0 Å². The zero-order chi connectivity index (χ0) is 17.3. The number of halogens is 1. The summed E-state index contributed by atoms with van der Waals surface area (Å²) < 4.78 is 0. The second-order valence-electron chi connectivity index (χ2n) is 6.38. The lowest BCUT2D eigenvalue weighted by atomic mass is 10.1. The van der Waals surface area contributed by atoms with E-state index in [2.05, 4.69) is 20.9 Å². The molecule has 0 bridgehead atoms. The van der Waals surface area contributed by atoms with Crippen molar-refractivity contribution in [2.45, 2.75) is 39.2 Å². The van der Waals surface area contributed by atoms with E-state index in [1.165, 1.54) is 5.56 Å². The predicted octanol–water partition coefficient (Wildman–Crippen LogP) is 2.35. The van der Waals surface area contributed by atoms with E-state index in [4.69, 9.17) is 11.6 Å². The molecule has 1 aromatic rings. The van der Waals surface area contributed by atoms with E-state index in [0.717, 1.165) is 24.4 Å². The number of aliphatic imine (C=N–C) groups is 1. The first-order valence-corrected chi connectivity index (χ1v) is 8.18. The zero-order valence-corrected chi connectivity index (χ0v) is 15.1. The van der Waals surface area contributed by atoms with Gasteiger partial charge in [-0.2, -0.15) is 0 Å². The summed E-state index contributed by atoms with van der Waals surface area (Å²) in [7, 11) is 1.69. The van der Waals surface area contributed by atoms with Crippen molar-refractivity contribution in [1.82, 2.24) is 16.0 Å². The number of hydrogen-bond donors (Lipinski definition) is 3. The van der Waals surface area contributed by atoms with Crippen LogP contribution in [0, 0.1) is 0 Å². The maximum Gasteiger partial charge on any atom is 0.239 e. The van der Waals surface area contributed by atoms with Crippen LogP contribution < -0.4 is 16.0 Å². The highest BCUT2D eigenvalue weighted by molar-refractivity contribution is 6.30. The molecule has 0 aliphatic rings. The van der Waals surface area contributed by atoms with Crippen molar-refractivity contribution in [3.63, 3.8) is 0 Å². The van der Waals surface area contributed by atoms with Crippen LogP contribution in [0.15, 0.2) is 29.3 Å². The number of carbonyl (C=O) groups is 1. The maximum absolute atomic E-state index is 11.8. The number of aryl methyl sites for hydroxylation is 1. The highest BCUT2D eigenvalue weighted by Gasteiger charge is 2.13. The van der Waals surface area contributed by atoms with E-state index in [9.17, 15) is 4.79 Å². The molecule has 5 nitrogen and oxygen atoms in total. The number of carbonyl (C=O) groups excluding carboxylic acids is 1. The van der Waals surface area contributed by atoms with Crippen LogP contribution in [-0.2, 0) is 11.2 Å². The summed E-state index contributed by atoms with van der Waals surface area (Å²) in [5, 5.41) is 9.86. The molecule has 1 amide bonds. The Bertz CT molecular complexity index is 520. The second kappa shape index (κ2) is 9.40.